The Morgan fingerprint density at radius 3 is 2.56 bits per heavy atom. The molecule has 0 spiro atoms. The van der Waals surface area contributed by atoms with E-state index in [1.165, 1.54) is 0 Å². The van der Waals surface area contributed by atoms with E-state index in [1.807, 2.05) is 13.8 Å². The van der Waals surface area contributed by atoms with Gasteiger partial charge in [-0.3, -0.25) is 0 Å². The van der Waals surface area contributed by atoms with Gasteiger partial charge in [-0.2, -0.15) is 0 Å². The van der Waals surface area contributed by atoms with Crippen molar-refractivity contribution in [1.82, 2.24) is 14.9 Å². The fraction of sp³-hybridized carbons (Fsp3) is 0.692. The van der Waals surface area contributed by atoms with Gasteiger partial charge in [0.15, 0.2) is 0 Å². The van der Waals surface area contributed by atoms with Crippen LogP contribution in [0.2, 0.25) is 5.15 Å². The Bertz CT molecular complexity index is 393. The van der Waals surface area contributed by atoms with Crippen molar-refractivity contribution in [3.63, 3.8) is 0 Å². The van der Waals surface area contributed by atoms with Crippen LogP contribution in [0.4, 0.5) is 5.82 Å². The first-order valence-corrected chi connectivity index (χ1v) is 6.80. The second kappa shape index (κ2) is 6.90. The van der Waals surface area contributed by atoms with Crippen molar-refractivity contribution < 1.29 is 0 Å². The molecule has 0 aliphatic carbocycles. The summed E-state index contributed by atoms with van der Waals surface area (Å²) in [6.45, 7) is 10.2. The minimum Gasteiger partial charge on any atom is -0.368 e. The highest BCUT2D eigenvalue weighted by Crippen LogP contribution is 2.19. The first-order chi connectivity index (χ1) is 8.45. The van der Waals surface area contributed by atoms with Gasteiger partial charge in [-0.05, 0) is 27.8 Å². The fourth-order valence-corrected chi connectivity index (χ4v) is 1.66. The second-order valence-electron chi connectivity index (χ2n) is 4.76. The number of nitrogens with one attached hydrogen (secondary N) is 1. The highest BCUT2D eigenvalue weighted by atomic mass is 35.5. The van der Waals surface area contributed by atoms with E-state index in [0.717, 1.165) is 36.7 Å². The van der Waals surface area contributed by atoms with Crippen LogP contribution in [0.15, 0.2) is 0 Å². The van der Waals surface area contributed by atoms with Gasteiger partial charge in [0.05, 0.1) is 0 Å². The molecule has 0 radical (unpaired) electrons. The largest absolute Gasteiger partial charge is 0.368 e. The van der Waals surface area contributed by atoms with Gasteiger partial charge in [0.25, 0.3) is 0 Å². The molecule has 4 nitrogen and oxygen atoms in total. The normalized spacial score (nSPS) is 11.3. The van der Waals surface area contributed by atoms with Crippen LogP contribution < -0.4 is 5.32 Å². The van der Waals surface area contributed by atoms with Crippen LogP contribution in [0.1, 0.15) is 32.2 Å². The first-order valence-electron chi connectivity index (χ1n) is 6.42. The summed E-state index contributed by atoms with van der Waals surface area (Å²) >= 11 is 6.09. The van der Waals surface area contributed by atoms with Gasteiger partial charge >= 0.3 is 0 Å². The highest BCUT2D eigenvalue weighted by molar-refractivity contribution is 6.30. The zero-order valence-corrected chi connectivity index (χ0v) is 12.7. The standard InChI is InChI=1S/C13H23ClN4/c1-6-11-16-12(14)10(4)13(17-11)15-7-8-18(5)9(2)3/h9H,6-8H2,1-5H3,(H,15,16,17). The number of hydrogen-bond acceptors (Lipinski definition) is 4. The van der Waals surface area contributed by atoms with Gasteiger partial charge in [0.2, 0.25) is 0 Å². The SMILES string of the molecule is CCc1nc(Cl)c(C)c(NCCN(C)C(C)C)n1. The molecule has 1 heterocycles. The van der Waals surface area contributed by atoms with Crippen LogP contribution in [0.5, 0.6) is 0 Å². The van der Waals surface area contributed by atoms with Crippen LogP contribution in [0.3, 0.4) is 0 Å². The third-order valence-electron chi connectivity index (χ3n) is 3.09. The van der Waals surface area contributed by atoms with Crippen molar-refractivity contribution in [2.45, 2.75) is 40.2 Å². The Morgan fingerprint density at radius 2 is 2.00 bits per heavy atom. The molecule has 0 saturated heterocycles. The predicted octanol–water partition coefficient (Wildman–Crippen LogP) is 2.75. The third kappa shape index (κ3) is 4.10. The Hall–Kier alpha value is -0.870. The molecule has 102 valence electrons. The topological polar surface area (TPSA) is 41.1 Å². The van der Waals surface area contributed by atoms with Crippen molar-refractivity contribution in [3.8, 4) is 0 Å². The van der Waals surface area contributed by atoms with E-state index in [0.29, 0.717) is 11.2 Å². The van der Waals surface area contributed by atoms with Crippen molar-refractivity contribution in [3.05, 3.63) is 16.5 Å². The van der Waals surface area contributed by atoms with Crippen molar-refractivity contribution in [2.24, 2.45) is 0 Å². The highest BCUT2D eigenvalue weighted by Gasteiger charge is 2.09. The minimum absolute atomic E-state index is 0.543. The minimum atomic E-state index is 0.543. The summed E-state index contributed by atoms with van der Waals surface area (Å²) in [5.41, 5.74) is 0.918. The number of halogens is 1. The third-order valence-corrected chi connectivity index (χ3v) is 3.46. The van der Waals surface area contributed by atoms with Crippen LogP contribution >= 0.6 is 11.6 Å². The Morgan fingerprint density at radius 1 is 1.33 bits per heavy atom. The molecule has 0 aromatic carbocycles. The molecule has 0 atom stereocenters. The van der Waals surface area contributed by atoms with E-state index in [9.17, 15) is 0 Å². The molecular weight excluding hydrogens is 248 g/mol. The molecule has 0 fully saturated rings. The second-order valence-corrected chi connectivity index (χ2v) is 5.12. The molecule has 0 saturated carbocycles. The lowest BCUT2D eigenvalue weighted by Crippen LogP contribution is -2.31. The van der Waals surface area contributed by atoms with Crippen molar-refractivity contribution in [2.75, 3.05) is 25.5 Å². The molecule has 5 heteroatoms. The quantitative estimate of drug-likeness (QED) is 0.807. The maximum Gasteiger partial charge on any atom is 0.137 e. The molecule has 0 bridgehead atoms. The number of nitrogens with zero attached hydrogens (tertiary/aromatic N) is 3. The van der Waals surface area contributed by atoms with E-state index in [-0.39, 0.29) is 0 Å². The average molecular weight is 271 g/mol. The van der Waals surface area contributed by atoms with Gasteiger partial charge in [-0.1, -0.05) is 18.5 Å². The monoisotopic (exact) mass is 270 g/mol. The maximum atomic E-state index is 6.09. The van der Waals surface area contributed by atoms with Gasteiger partial charge in [-0.15, -0.1) is 0 Å². The lowest BCUT2D eigenvalue weighted by Gasteiger charge is -2.21. The smallest absolute Gasteiger partial charge is 0.137 e. The molecule has 1 rings (SSSR count). The van der Waals surface area contributed by atoms with Gasteiger partial charge in [-0.25, -0.2) is 9.97 Å². The molecule has 0 amide bonds. The summed E-state index contributed by atoms with van der Waals surface area (Å²) < 4.78 is 0. The van der Waals surface area contributed by atoms with Gasteiger partial charge in [0, 0.05) is 31.1 Å². The Balaban J connectivity index is 2.64. The summed E-state index contributed by atoms with van der Waals surface area (Å²) in [7, 11) is 2.11. The molecule has 1 aromatic rings. The Labute approximate surface area is 115 Å². The molecule has 1 N–H and O–H groups in total. The zero-order valence-electron chi connectivity index (χ0n) is 11.9. The summed E-state index contributed by atoms with van der Waals surface area (Å²) in [6, 6.07) is 0.549. The van der Waals surface area contributed by atoms with E-state index in [1.54, 1.807) is 0 Å². The number of aromatic nitrogens is 2. The number of rotatable bonds is 6. The van der Waals surface area contributed by atoms with E-state index < -0.39 is 0 Å². The summed E-state index contributed by atoms with van der Waals surface area (Å²) in [5.74, 6) is 1.63. The molecule has 18 heavy (non-hydrogen) atoms. The fourth-order valence-electron chi connectivity index (χ4n) is 1.47. The van der Waals surface area contributed by atoms with Crippen LogP contribution in [0, 0.1) is 6.92 Å². The number of hydrogen-bond donors (Lipinski definition) is 1. The van der Waals surface area contributed by atoms with Crippen molar-refractivity contribution >= 4 is 17.4 Å². The summed E-state index contributed by atoms with van der Waals surface area (Å²) in [5, 5.41) is 3.88. The van der Waals surface area contributed by atoms with E-state index in [4.69, 9.17) is 11.6 Å². The molecule has 0 aliphatic rings. The van der Waals surface area contributed by atoms with E-state index in [2.05, 4.69) is 41.1 Å². The molecule has 0 aliphatic heterocycles. The van der Waals surface area contributed by atoms with Crippen molar-refractivity contribution in [1.29, 1.82) is 0 Å². The Kier molecular flexibility index (Phi) is 5.82. The molecule has 0 unspecified atom stereocenters. The van der Waals surface area contributed by atoms with Crippen LogP contribution in [-0.4, -0.2) is 41.0 Å². The average Bonchev–Trinajstić information content (AvgIpc) is 2.33. The van der Waals surface area contributed by atoms with E-state index >= 15 is 0 Å². The van der Waals surface area contributed by atoms with Gasteiger partial charge < -0.3 is 10.2 Å². The number of likely N-dealkylation sites (N-methyl/N-ethyl adjacent to an activating group) is 1. The zero-order chi connectivity index (χ0) is 13.7. The summed E-state index contributed by atoms with van der Waals surface area (Å²) in [4.78, 5) is 11.0. The lowest BCUT2D eigenvalue weighted by molar-refractivity contribution is 0.284. The van der Waals surface area contributed by atoms with Crippen LogP contribution in [-0.2, 0) is 6.42 Å². The lowest BCUT2D eigenvalue weighted by atomic mass is 10.3. The summed E-state index contributed by atoms with van der Waals surface area (Å²) in [6.07, 6.45) is 0.792. The number of anilines is 1. The molecular formula is C13H23ClN4. The van der Waals surface area contributed by atoms with Crippen LogP contribution in [0.25, 0.3) is 0 Å². The van der Waals surface area contributed by atoms with Gasteiger partial charge in [0.1, 0.15) is 16.8 Å². The maximum absolute atomic E-state index is 6.09. The number of aryl methyl sites for hydroxylation is 1. The molecule has 1 aromatic heterocycles. The predicted molar refractivity (Wildman–Crippen MR) is 77.4 cm³/mol. The first kappa shape index (κ1) is 15.2.